The summed E-state index contributed by atoms with van der Waals surface area (Å²) in [7, 11) is 1.71. The standard InChI is InChI=1S/C4H11NO2/c1-3(5-2)4(6)7/h3-7H,1-2H3/p+1. The average Bonchev–Trinajstić information content (AvgIpc) is 1.65. The van der Waals surface area contributed by atoms with Crippen LogP contribution < -0.4 is 5.32 Å². The van der Waals surface area contributed by atoms with E-state index in [1.807, 2.05) is 0 Å². The molecule has 0 aromatic heterocycles. The first-order valence-corrected chi connectivity index (χ1v) is 2.25. The molecule has 44 valence electrons. The minimum Gasteiger partial charge on any atom is -0.420 e. The Kier molecular flexibility index (Phi) is 2.91. The highest BCUT2D eigenvalue weighted by atomic mass is 16.5. The summed E-state index contributed by atoms with van der Waals surface area (Å²) in [6.07, 6.45) is -0.995. The van der Waals surface area contributed by atoms with E-state index in [0.29, 0.717) is 0 Å². The van der Waals surface area contributed by atoms with E-state index in [9.17, 15) is 0 Å². The molecule has 0 aromatic carbocycles. The maximum absolute atomic E-state index is 8.43. The monoisotopic (exact) mass is 106 g/mol. The summed E-state index contributed by atoms with van der Waals surface area (Å²) >= 11 is 0. The summed E-state index contributed by atoms with van der Waals surface area (Å²) in [6, 6.07) is -0.125. The van der Waals surface area contributed by atoms with Crippen LogP contribution in [0.5, 0.6) is 0 Å². The van der Waals surface area contributed by atoms with Crippen molar-refractivity contribution in [2.24, 2.45) is 0 Å². The first kappa shape index (κ1) is 6.88. The van der Waals surface area contributed by atoms with Gasteiger partial charge in [0.25, 0.3) is 6.29 Å². The molecule has 7 heavy (non-hydrogen) atoms. The molecule has 0 heterocycles. The molecule has 0 aliphatic carbocycles. The van der Waals surface area contributed by atoms with Crippen LogP contribution in [0.2, 0.25) is 0 Å². The predicted octanol–water partition coefficient (Wildman–Crippen LogP) is -1.36. The maximum Gasteiger partial charge on any atom is 0.276 e. The van der Waals surface area contributed by atoms with Crippen LogP contribution >= 0.6 is 0 Å². The lowest BCUT2D eigenvalue weighted by atomic mass is 10.3. The minimum atomic E-state index is -0.995. The molecule has 0 aliphatic rings. The quantitative estimate of drug-likeness (QED) is 0.337. The number of hydrogen-bond acceptors (Lipinski definition) is 2. The van der Waals surface area contributed by atoms with Crippen molar-refractivity contribution in [1.82, 2.24) is 5.32 Å². The Labute approximate surface area is 43.0 Å². The van der Waals surface area contributed by atoms with Crippen molar-refractivity contribution < 1.29 is 10.2 Å². The lowest BCUT2D eigenvalue weighted by molar-refractivity contribution is -0.0608. The molecule has 0 saturated heterocycles. The third kappa shape index (κ3) is 2.56. The summed E-state index contributed by atoms with van der Waals surface area (Å²) in [5, 5.41) is 17.8. The highest BCUT2D eigenvalue weighted by Gasteiger charge is 2.09. The highest BCUT2D eigenvalue weighted by molar-refractivity contribution is 4.55. The number of hydrogen-bond donors (Lipinski definition) is 2. The summed E-state index contributed by atoms with van der Waals surface area (Å²) in [6.45, 7) is 1.75. The number of nitrogens with one attached hydrogen (secondary N) is 1. The SMILES string of the molecule is CNC(C)C(O)[OH2+]. The van der Waals surface area contributed by atoms with Gasteiger partial charge >= 0.3 is 0 Å². The van der Waals surface area contributed by atoms with Crippen LogP contribution in [0.1, 0.15) is 6.92 Å². The molecule has 3 nitrogen and oxygen atoms in total. The Balaban J connectivity index is 3.14. The Morgan fingerprint density at radius 1 is 1.71 bits per heavy atom. The van der Waals surface area contributed by atoms with Crippen molar-refractivity contribution in [3.05, 3.63) is 0 Å². The van der Waals surface area contributed by atoms with Crippen molar-refractivity contribution in [2.75, 3.05) is 7.05 Å². The largest absolute Gasteiger partial charge is 0.420 e. The van der Waals surface area contributed by atoms with Crippen LogP contribution in [0.4, 0.5) is 0 Å². The zero-order chi connectivity index (χ0) is 5.86. The molecule has 0 aromatic rings. The molecule has 0 bridgehead atoms. The third-order valence-corrected chi connectivity index (χ3v) is 0.929. The van der Waals surface area contributed by atoms with Crippen molar-refractivity contribution in [3.63, 3.8) is 0 Å². The smallest absolute Gasteiger partial charge is 0.276 e. The number of aliphatic hydroxyl groups excluding tert-OH is 1. The summed E-state index contributed by atoms with van der Waals surface area (Å²) in [5.74, 6) is 0. The minimum absolute atomic E-state index is 0.125. The van der Waals surface area contributed by atoms with Gasteiger partial charge in [-0.1, -0.05) is 0 Å². The van der Waals surface area contributed by atoms with E-state index in [1.54, 1.807) is 14.0 Å². The Morgan fingerprint density at radius 3 is 2.14 bits per heavy atom. The molecule has 0 amide bonds. The molecule has 2 atom stereocenters. The van der Waals surface area contributed by atoms with E-state index < -0.39 is 6.29 Å². The van der Waals surface area contributed by atoms with Gasteiger partial charge in [-0.3, -0.25) is 0 Å². The van der Waals surface area contributed by atoms with Crippen molar-refractivity contribution >= 4 is 0 Å². The molecule has 2 unspecified atom stereocenters. The fourth-order valence-corrected chi connectivity index (χ4v) is 0.158. The van der Waals surface area contributed by atoms with Crippen LogP contribution in [0.25, 0.3) is 0 Å². The van der Waals surface area contributed by atoms with Crippen LogP contribution in [-0.4, -0.2) is 29.6 Å². The van der Waals surface area contributed by atoms with Gasteiger partial charge in [0.2, 0.25) is 0 Å². The van der Waals surface area contributed by atoms with Crippen molar-refractivity contribution in [2.45, 2.75) is 19.3 Å². The molecule has 0 fully saturated rings. The molecule has 4 N–H and O–H groups in total. The van der Waals surface area contributed by atoms with Gasteiger partial charge in [-0.25, -0.2) is 0 Å². The topological polar surface area (TPSA) is 55.2 Å². The van der Waals surface area contributed by atoms with E-state index in [1.165, 1.54) is 0 Å². The lowest BCUT2D eigenvalue weighted by Gasteiger charge is -2.06. The van der Waals surface area contributed by atoms with E-state index in [4.69, 9.17) is 10.2 Å². The van der Waals surface area contributed by atoms with Gasteiger partial charge in [0.05, 0.1) is 0 Å². The number of aliphatic hydroxyl groups is 1. The van der Waals surface area contributed by atoms with Crippen LogP contribution in [0, 0.1) is 0 Å². The fraction of sp³-hybridized carbons (Fsp3) is 1.00. The second-order valence-electron chi connectivity index (χ2n) is 1.52. The van der Waals surface area contributed by atoms with E-state index >= 15 is 0 Å². The average molecular weight is 106 g/mol. The molecule has 0 spiro atoms. The number of rotatable bonds is 2. The highest BCUT2D eigenvalue weighted by Crippen LogP contribution is 1.82. The summed E-state index contributed by atoms with van der Waals surface area (Å²) in [4.78, 5) is 0. The van der Waals surface area contributed by atoms with Gasteiger partial charge in [0.1, 0.15) is 6.04 Å². The number of likely N-dealkylation sites (N-methyl/N-ethyl adjacent to an activating group) is 1. The van der Waals surface area contributed by atoms with Crippen LogP contribution in [-0.2, 0) is 0 Å². The van der Waals surface area contributed by atoms with Gasteiger partial charge in [0.15, 0.2) is 0 Å². The molecule has 0 aliphatic heterocycles. The van der Waals surface area contributed by atoms with Crippen molar-refractivity contribution in [3.8, 4) is 0 Å². The third-order valence-electron chi connectivity index (χ3n) is 0.929. The molecule has 3 heteroatoms. The van der Waals surface area contributed by atoms with Gasteiger partial charge in [-0.05, 0) is 14.0 Å². The van der Waals surface area contributed by atoms with Crippen molar-refractivity contribution in [1.29, 1.82) is 0 Å². The maximum atomic E-state index is 8.43. The lowest BCUT2D eigenvalue weighted by Crippen LogP contribution is -2.34. The zero-order valence-corrected chi connectivity index (χ0v) is 4.60. The first-order chi connectivity index (χ1) is 3.18. The summed E-state index contributed by atoms with van der Waals surface area (Å²) < 4.78 is 0. The second kappa shape index (κ2) is 2.96. The van der Waals surface area contributed by atoms with Gasteiger partial charge in [-0.15, -0.1) is 0 Å². The van der Waals surface area contributed by atoms with E-state index in [-0.39, 0.29) is 6.04 Å². The Hall–Kier alpha value is -0.120. The Morgan fingerprint density at radius 2 is 2.14 bits per heavy atom. The second-order valence-corrected chi connectivity index (χ2v) is 1.52. The normalized spacial score (nSPS) is 18.9. The molecule has 0 radical (unpaired) electrons. The van der Waals surface area contributed by atoms with E-state index in [2.05, 4.69) is 5.32 Å². The first-order valence-electron chi connectivity index (χ1n) is 2.25. The molecule has 0 saturated carbocycles. The van der Waals surface area contributed by atoms with Crippen LogP contribution in [0.15, 0.2) is 0 Å². The molecule has 0 rings (SSSR count). The van der Waals surface area contributed by atoms with E-state index in [0.717, 1.165) is 0 Å². The molecular formula is C4H12NO2+. The zero-order valence-electron chi connectivity index (χ0n) is 4.60. The van der Waals surface area contributed by atoms with Gasteiger partial charge < -0.3 is 15.5 Å². The van der Waals surface area contributed by atoms with Gasteiger partial charge in [-0.2, -0.15) is 0 Å². The Bertz CT molecular complexity index is 47.0. The molecular weight excluding hydrogens is 94.0 g/mol. The van der Waals surface area contributed by atoms with Crippen LogP contribution in [0.3, 0.4) is 0 Å². The fourth-order valence-electron chi connectivity index (χ4n) is 0.158. The predicted molar refractivity (Wildman–Crippen MR) is 28.1 cm³/mol. The van der Waals surface area contributed by atoms with Gasteiger partial charge in [0, 0.05) is 0 Å². The summed E-state index contributed by atoms with van der Waals surface area (Å²) in [5.41, 5.74) is 0.